The van der Waals surface area contributed by atoms with Gasteiger partial charge in [-0.3, -0.25) is 14.0 Å². The number of thiazole rings is 1. The highest BCUT2D eigenvalue weighted by Gasteiger charge is 2.48. The smallest absolute Gasteiger partial charge is 0.416 e. The summed E-state index contributed by atoms with van der Waals surface area (Å²) in [7, 11) is 0. The van der Waals surface area contributed by atoms with E-state index in [9.17, 15) is 22.8 Å². The molecule has 0 saturated heterocycles. The second kappa shape index (κ2) is 6.73. The van der Waals surface area contributed by atoms with E-state index in [0.717, 1.165) is 11.8 Å². The summed E-state index contributed by atoms with van der Waals surface area (Å²) >= 11 is 1.30. The Bertz CT molecular complexity index is 1120. The number of hydrogen-bond acceptors (Lipinski definition) is 5. The van der Waals surface area contributed by atoms with Crippen LogP contribution in [-0.4, -0.2) is 15.4 Å². The fourth-order valence-electron chi connectivity index (χ4n) is 3.30. The number of aryl methyl sites for hydroxylation is 1. The van der Waals surface area contributed by atoms with Crippen molar-refractivity contribution < 1.29 is 22.7 Å². The van der Waals surface area contributed by atoms with E-state index in [0.29, 0.717) is 17.1 Å². The Hall–Kier alpha value is -2.68. The van der Waals surface area contributed by atoms with Crippen molar-refractivity contribution in [3.63, 3.8) is 0 Å². The quantitative estimate of drug-likeness (QED) is 0.614. The van der Waals surface area contributed by atoms with Gasteiger partial charge >= 0.3 is 12.1 Å². The standard InChI is InChI=1S/C19H15F3N2O3S/c1-10-9-28-18-23-11(6-16(25)24(10)18)8-27-17(26)14-7-13(14)12-4-2-3-5-15(12)19(20,21)22/h2-6,9,13-14H,7-8H2,1H3/t13-,14-/m0/s1. The second-order valence-corrected chi connectivity index (χ2v) is 7.56. The average molecular weight is 408 g/mol. The molecule has 1 aromatic carbocycles. The van der Waals surface area contributed by atoms with E-state index < -0.39 is 29.5 Å². The molecular formula is C19H15F3N2O3S. The van der Waals surface area contributed by atoms with Crippen LogP contribution in [0.2, 0.25) is 0 Å². The van der Waals surface area contributed by atoms with Crippen molar-refractivity contribution in [2.24, 2.45) is 5.92 Å². The summed E-state index contributed by atoms with van der Waals surface area (Å²) in [5.74, 6) is -1.70. The number of halogens is 3. The van der Waals surface area contributed by atoms with Gasteiger partial charge in [0.25, 0.3) is 5.56 Å². The molecule has 2 aromatic heterocycles. The Kier molecular flexibility index (Phi) is 4.49. The first-order valence-electron chi connectivity index (χ1n) is 8.55. The Labute approximate surface area is 161 Å². The van der Waals surface area contributed by atoms with Crippen molar-refractivity contribution in [1.82, 2.24) is 9.38 Å². The number of esters is 1. The summed E-state index contributed by atoms with van der Waals surface area (Å²) in [4.78, 5) is 29.2. The molecule has 3 aromatic rings. The maximum Gasteiger partial charge on any atom is 0.416 e. The topological polar surface area (TPSA) is 60.7 Å². The van der Waals surface area contributed by atoms with Gasteiger partial charge in [-0.2, -0.15) is 13.2 Å². The Morgan fingerprint density at radius 2 is 2.11 bits per heavy atom. The maximum atomic E-state index is 13.1. The van der Waals surface area contributed by atoms with Crippen LogP contribution in [0.1, 0.15) is 34.9 Å². The van der Waals surface area contributed by atoms with Crippen LogP contribution in [-0.2, 0) is 22.3 Å². The molecule has 0 radical (unpaired) electrons. The largest absolute Gasteiger partial charge is 0.459 e. The fourth-order valence-corrected chi connectivity index (χ4v) is 4.20. The van der Waals surface area contributed by atoms with Gasteiger partial charge in [0, 0.05) is 17.1 Å². The highest BCUT2D eigenvalue weighted by molar-refractivity contribution is 7.15. The first-order chi connectivity index (χ1) is 13.3. The van der Waals surface area contributed by atoms with E-state index in [1.54, 1.807) is 12.3 Å². The van der Waals surface area contributed by atoms with E-state index in [2.05, 4.69) is 4.98 Å². The highest BCUT2D eigenvalue weighted by Crippen LogP contribution is 2.51. The predicted octanol–water partition coefficient (Wildman–Crippen LogP) is 3.93. The number of fused-ring (bicyclic) bond motifs is 1. The number of nitrogens with zero attached hydrogens (tertiary/aromatic N) is 2. The van der Waals surface area contributed by atoms with Gasteiger partial charge in [-0.25, -0.2) is 4.98 Å². The minimum absolute atomic E-state index is 0.115. The summed E-state index contributed by atoms with van der Waals surface area (Å²) in [6.07, 6.45) is -4.15. The van der Waals surface area contributed by atoms with Crippen molar-refractivity contribution in [3.05, 3.63) is 68.6 Å². The van der Waals surface area contributed by atoms with Crippen LogP contribution in [0.25, 0.3) is 4.96 Å². The predicted molar refractivity (Wildman–Crippen MR) is 96.2 cm³/mol. The maximum absolute atomic E-state index is 13.1. The lowest BCUT2D eigenvalue weighted by Crippen LogP contribution is -2.17. The summed E-state index contributed by atoms with van der Waals surface area (Å²) in [5.41, 5.74) is 0.212. The third-order valence-corrected chi connectivity index (χ3v) is 5.69. The summed E-state index contributed by atoms with van der Waals surface area (Å²) in [5, 5.41) is 1.80. The average Bonchev–Trinajstić information content (AvgIpc) is 3.36. The van der Waals surface area contributed by atoms with Crippen molar-refractivity contribution in [1.29, 1.82) is 0 Å². The van der Waals surface area contributed by atoms with Gasteiger partial charge in [-0.15, -0.1) is 11.3 Å². The molecular weight excluding hydrogens is 393 g/mol. The van der Waals surface area contributed by atoms with Crippen LogP contribution in [0.3, 0.4) is 0 Å². The molecule has 4 rings (SSSR count). The van der Waals surface area contributed by atoms with Crippen LogP contribution < -0.4 is 5.56 Å². The van der Waals surface area contributed by atoms with Gasteiger partial charge in [0.15, 0.2) is 4.96 Å². The molecule has 5 nitrogen and oxygen atoms in total. The molecule has 1 aliphatic carbocycles. The number of hydrogen-bond donors (Lipinski definition) is 0. The first-order valence-corrected chi connectivity index (χ1v) is 9.43. The van der Waals surface area contributed by atoms with Crippen LogP contribution in [0.15, 0.2) is 40.5 Å². The van der Waals surface area contributed by atoms with E-state index in [1.165, 1.54) is 40.0 Å². The third-order valence-electron chi connectivity index (χ3n) is 4.75. The summed E-state index contributed by atoms with van der Waals surface area (Å²) < 4.78 is 46.1. The molecule has 9 heteroatoms. The molecule has 0 spiro atoms. The molecule has 0 unspecified atom stereocenters. The molecule has 1 saturated carbocycles. The van der Waals surface area contributed by atoms with Gasteiger partial charge in [0.1, 0.15) is 6.61 Å². The number of benzene rings is 1. The lowest BCUT2D eigenvalue weighted by Gasteiger charge is -2.12. The van der Waals surface area contributed by atoms with E-state index in [4.69, 9.17) is 4.74 Å². The van der Waals surface area contributed by atoms with Gasteiger partial charge in [-0.05, 0) is 30.9 Å². The van der Waals surface area contributed by atoms with E-state index in [1.807, 2.05) is 0 Å². The van der Waals surface area contributed by atoms with E-state index in [-0.39, 0.29) is 17.7 Å². The number of alkyl halides is 3. The zero-order chi connectivity index (χ0) is 20.1. The Morgan fingerprint density at radius 3 is 2.86 bits per heavy atom. The molecule has 2 atom stereocenters. The van der Waals surface area contributed by atoms with Gasteiger partial charge in [-0.1, -0.05) is 18.2 Å². The van der Waals surface area contributed by atoms with E-state index >= 15 is 0 Å². The normalized spacial score (nSPS) is 19.0. The Balaban J connectivity index is 1.45. The molecule has 146 valence electrons. The summed E-state index contributed by atoms with van der Waals surface area (Å²) in [6, 6.07) is 6.57. The van der Waals surface area contributed by atoms with Crippen molar-refractivity contribution in [3.8, 4) is 0 Å². The first kappa shape index (κ1) is 18.7. The minimum Gasteiger partial charge on any atom is -0.459 e. The van der Waals surface area contributed by atoms with Crippen molar-refractivity contribution in [2.45, 2.75) is 32.0 Å². The summed E-state index contributed by atoms with van der Waals surface area (Å²) in [6.45, 7) is 1.60. The van der Waals surface area contributed by atoms with Crippen LogP contribution >= 0.6 is 11.3 Å². The molecule has 0 aliphatic heterocycles. The fraction of sp³-hybridized carbons (Fsp3) is 0.316. The van der Waals surface area contributed by atoms with Crippen molar-refractivity contribution >= 4 is 22.3 Å². The van der Waals surface area contributed by atoms with Gasteiger partial charge < -0.3 is 4.74 Å². The van der Waals surface area contributed by atoms with Crippen molar-refractivity contribution in [2.75, 3.05) is 0 Å². The monoisotopic (exact) mass is 408 g/mol. The molecule has 0 amide bonds. The minimum atomic E-state index is -4.46. The second-order valence-electron chi connectivity index (χ2n) is 6.72. The number of ether oxygens (including phenoxy) is 1. The van der Waals surface area contributed by atoms with Crippen LogP contribution in [0.5, 0.6) is 0 Å². The number of carbonyl (C=O) groups is 1. The van der Waals surface area contributed by atoms with Gasteiger partial charge in [0.05, 0.1) is 17.2 Å². The highest BCUT2D eigenvalue weighted by atomic mass is 32.1. The van der Waals surface area contributed by atoms with Gasteiger partial charge in [0.2, 0.25) is 0 Å². The molecule has 0 N–H and O–H groups in total. The number of aromatic nitrogens is 2. The lowest BCUT2D eigenvalue weighted by molar-refractivity contribution is -0.147. The lowest BCUT2D eigenvalue weighted by atomic mass is 10.0. The van der Waals surface area contributed by atoms with Crippen LogP contribution in [0, 0.1) is 12.8 Å². The van der Waals surface area contributed by atoms with Crippen LogP contribution in [0.4, 0.5) is 13.2 Å². The SMILES string of the molecule is Cc1csc2nc(COC(=O)[C@H]3C[C@H]3c3ccccc3C(F)(F)F)cc(=O)n12. The molecule has 1 fully saturated rings. The number of carbonyl (C=O) groups excluding carboxylic acids is 1. The molecule has 0 bridgehead atoms. The Morgan fingerprint density at radius 1 is 1.36 bits per heavy atom. The zero-order valence-corrected chi connectivity index (χ0v) is 15.5. The zero-order valence-electron chi connectivity index (χ0n) is 14.7. The molecule has 1 aliphatic rings. The number of rotatable bonds is 4. The molecule has 2 heterocycles. The molecule has 28 heavy (non-hydrogen) atoms. The third kappa shape index (κ3) is 3.42.